The first-order valence-corrected chi connectivity index (χ1v) is 8.05. The van der Waals surface area contributed by atoms with Gasteiger partial charge in [-0.3, -0.25) is 4.68 Å². The highest BCUT2D eigenvalue weighted by molar-refractivity contribution is 6.33. The molecule has 114 valence electrons. The summed E-state index contributed by atoms with van der Waals surface area (Å²) in [6.45, 7) is 6.23. The van der Waals surface area contributed by atoms with Gasteiger partial charge in [0.1, 0.15) is 0 Å². The summed E-state index contributed by atoms with van der Waals surface area (Å²) in [4.78, 5) is 0. The molecule has 0 saturated carbocycles. The van der Waals surface area contributed by atoms with Crippen LogP contribution in [0.2, 0.25) is 5.02 Å². The van der Waals surface area contributed by atoms with Crippen molar-refractivity contribution in [1.29, 1.82) is 0 Å². The molecule has 3 nitrogen and oxygen atoms in total. The Morgan fingerprint density at radius 2 is 2.00 bits per heavy atom. The largest absolute Gasteiger partial charge is 0.313 e. The van der Waals surface area contributed by atoms with Crippen LogP contribution in [0.25, 0.3) is 11.1 Å². The summed E-state index contributed by atoms with van der Waals surface area (Å²) in [5, 5.41) is 8.75. The Morgan fingerprint density at radius 1 is 1.19 bits per heavy atom. The minimum Gasteiger partial charge on any atom is -0.313 e. The van der Waals surface area contributed by atoms with E-state index in [4.69, 9.17) is 11.6 Å². The first kappa shape index (κ1) is 16.1. The lowest BCUT2D eigenvalue weighted by molar-refractivity contribution is 0.675. The molecule has 21 heavy (non-hydrogen) atoms. The normalized spacial score (nSPS) is 11.0. The zero-order valence-corrected chi connectivity index (χ0v) is 13.9. The Labute approximate surface area is 132 Å². The van der Waals surface area contributed by atoms with Crippen molar-refractivity contribution in [3.05, 3.63) is 40.7 Å². The van der Waals surface area contributed by atoms with E-state index in [1.165, 1.54) is 5.56 Å². The van der Waals surface area contributed by atoms with Gasteiger partial charge < -0.3 is 5.32 Å². The Balaban J connectivity index is 2.24. The zero-order chi connectivity index (χ0) is 15.2. The van der Waals surface area contributed by atoms with Crippen LogP contribution in [0.4, 0.5) is 0 Å². The SMILES string of the molecule is CCCNCc1ccc(-c2cn(C)nc2CCC)c(Cl)c1. The van der Waals surface area contributed by atoms with E-state index in [0.29, 0.717) is 0 Å². The molecule has 0 aliphatic rings. The van der Waals surface area contributed by atoms with Crippen LogP contribution in [0.3, 0.4) is 0 Å². The van der Waals surface area contributed by atoms with Crippen molar-refractivity contribution >= 4 is 11.6 Å². The Morgan fingerprint density at radius 3 is 2.67 bits per heavy atom. The molecule has 1 heterocycles. The summed E-state index contributed by atoms with van der Waals surface area (Å²) < 4.78 is 1.87. The van der Waals surface area contributed by atoms with Gasteiger partial charge in [-0.05, 0) is 31.0 Å². The number of aryl methyl sites for hydroxylation is 2. The number of aromatic nitrogens is 2. The summed E-state index contributed by atoms with van der Waals surface area (Å²) in [6, 6.07) is 6.32. The van der Waals surface area contributed by atoms with E-state index >= 15 is 0 Å². The lowest BCUT2D eigenvalue weighted by Gasteiger charge is -2.08. The van der Waals surface area contributed by atoms with E-state index in [9.17, 15) is 0 Å². The standard InChI is InChI=1S/C17H24ClN3/c1-4-6-17-15(12-21(3)20-17)14-8-7-13(10-16(14)18)11-19-9-5-2/h7-8,10,12,19H,4-6,9,11H2,1-3H3. The Bertz CT molecular complexity index is 590. The number of hydrogen-bond donors (Lipinski definition) is 1. The third-order valence-corrected chi connectivity index (χ3v) is 3.78. The summed E-state index contributed by atoms with van der Waals surface area (Å²) >= 11 is 6.49. The van der Waals surface area contributed by atoms with E-state index < -0.39 is 0 Å². The average molecular weight is 306 g/mol. The molecule has 0 aliphatic heterocycles. The first-order valence-electron chi connectivity index (χ1n) is 7.67. The van der Waals surface area contributed by atoms with Crippen LogP contribution in [0, 0.1) is 0 Å². The van der Waals surface area contributed by atoms with Gasteiger partial charge in [0.15, 0.2) is 0 Å². The highest BCUT2D eigenvalue weighted by Crippen LogP contribution is 2.31. The van der Waals surface area contributed by atoms with Crippen LogP contribution in [0.5, 0.6) is 0 Å². The number of rotatable bonds is 7. The van der Waals surface area contributed by atoms with Crippen LogP contribution in [-0.2, 0) is 20.0 Å². The van der Waals surface area contributed by atoms with Crippen molar-refractivity contribution in [3.8, 4) is 11.1 Å². The van der Waals surface area contributed by atoms with Gasteiger partial charge in [-0.15, -0.1) is 0 Å². The number of hydrogen-bond acceptors (Lipinski definition) is 2. The van der Waals surface area contributed by atoms with Crippen molar-refractivity contribution in [2.45, 2.75) is 39.7 Å². The lowest BCUT2D eigenvalue weighted by Crippen LogP contribution is -2.13. The van der Waals surface area contributed by atoms with Crippen LogP contribution < -0.4 is 5.32 Å². The number of nitrogens with one attached hydrogen (secondary N) is 1. The van der Waals surface area contributed by atoms with Gasteiger partial charge in [0.2, 0.25) is 0 Å². The van der Waals surface area contributed by atoms with Crippen molar-refractivity contribution in [2.75, 3.05) is 6.54 Å². The van der Waals surface area contributed by atoms with E-state index in [1.807, 2.05) is 11.7 Å². The third kappa shape index (κ3) is 4.08. The first-order chi connectivity index (χ1) is 10.2. The van der Waals surface area contributed by atoms with Crippen molar-refractivity contribution in [3.63, 3.8) is 0 Å². The fraction of sp³-hybridized carbons (Fsp3) is 0.471. The molecule has 2 aromatic rings. The van der Waals surface area contributed by atoms with Gasteiger partial charge in [-0.2, -0.15) is 5.10 Å². The number of benzene rings is 1. The van der Waals surface area contributed by atoms with Crippen molar-refractivity contribution in [2.24, 2.45) is 7.05 Å². The summed E-state index contributed by atoms with van der Waals surface area (Å²) in [5.41, 5.74) is 4.57. The number of halogens is 1. The maximum absolute atomic E-state index is 6.49. The van der Waals surface area contributed by atoms with Crippen LogP contribution in [-0.4, -0.2) is 16.3 Å². The van der Waals surface area contributed by atoms with Gasteiger partial charge in [0.05, 0.1) is 5.69 Å². The molecule has 4 heteroatoms. The molecule has 0 fully saturated rings. The van der Waals surface area contributed by atoms with E-state index in [1.54, 1.807) is 0 Å². The van der Waals surface area contributed by atoms with Crippen LogP contribution in [0.15, 0.2) is 24.4 Å². The van der Waals surface area contributed by atoms with Crippen LogP contribution >= 0.6 is 11.6 Å². The molecule has 0 radical (unpaired) electrons. The molecule has 0 spiro atoms. The van der Waals surface area contributed by atoms with Crippen LogP contribution in [0.1, 0.15) is 37.9 Å². The fourth-order valence-corrected chi connectivity index (χ4v) is 2.78. The minimum absolute atomic E-state index is 0.802. The molecule has 1 aromatic carbocycles. The summed E-state index contributed by atoms with van der Waals surface area (Å²) in [6.07, 6.45) is 5.26. The molecule has 0 atom stereocenters. The predicted molar refractivity (Wildman–Crippen MR) is 89.6 cm³/mol. The third-order valence-electron chi connectivity index (χ3n) is 3.47. The molecule has 0 amide bonds. The summed E-state index contributed by atoms with van der Waals surface area (Å²) in [7, 11) is 1.96. The topological polar surface area (TPSA) is 29.9 Å². The molecule has 1 N–H and O–H groups in total. The predicted octanol–water partition coefficient (Wildman–Crippen LogP) is 4.19. The molecular weight excluding hydrogens is 282 g/mol. The quantitative estimate of drug-likeness (QED) is 0.777. The van der Waals surface area contributed by atoms with Gasteiger partial charge in [-0.1, -0.05) is 44.0 Å². The summed E-state index contributed by atoms with van der Waals surface area (Å²) in [5.74, 6) is 0. The molecule has 0 aliphatic carbocycles. The van der Waals surface area contributed by atoms with Crippen molar-refractivity contribution in [1.82, 2.24) is 15.1 Å². The van der Waals surface area contributed by atoms with E-state index in [2.05, 4.69) is 48.7 Å². The molecule has 2 rings (SSSR count). The lowest BCUT2D eigenvalue weighted by atomic mass is 10.0. The van der Waals surface area contributed by atoms with E-state index in [-0.39, 0.29) is 0 Å². The second kappa shape index (κ2) is 7.62. The van der Waals surface area contributed by atoms with Gasteiger partial charge in [0.25, 0.3) is 0 Å². The highest BCUT2D eigenvalue weighted by Gasteiger charge is 2.12. The molecular formula is C17H24ClN3. The second-order valence-corrected chi connectivity index (χ2v) is 5.81. The smallest absolute Gasteiger partial charge is 0.0703 e. The van der Waals surface area contributed by atoms with Gasteiger partial charge in [-0.25, -0.2) is 0 Å². The number of nitrogens with zero attached hydrogens (tertiary/aromatic N) is 2. The minimum atomic E-state index is 0.802. The molecule has 1 aromatic heterocycles. The Hall–Kier alpha value is -1.32. The maximum atomic E-state index is 6.49. The molecule has 0 bridgehead atoms. The fourth-order valence-electron chi connectivity index (χ4n) is 2.48. The Kier molecular flexibility index (Phi) is 5.83. The van der Waals surface area contributed by atoms with Gasteiger partial charge in [0, 0.05) is 35.9 Å². The average Bonchev–Trinajstić information content (AvgIpc) is 2.80. The van der Waals surface area contributed by atoms with E-state index in [0.717, 1.165) is 54.2 Å². The highest BCUT2D eigenvalue weighted by atomic mass is 35.5. The maximum Gasteiger partial charge on any atom is 0.0703 e. The van der Waals surface area contributed by atoms with Crippen molar-refractivity contribution < 1.29 is 0 Å². The monoisotopic (exact) mass is 305 g/mol. The zero-order valence-electron chi connectivity index (χ0n) is 13.1. The molecule has 0 unspecified atom stereocenters. The van der Waals surface area contributed by atoms with Gasteiger partial charge >= 0.3 is 0 Å². The second-order valence-electron chi connectivity index (χ2n) is 5.40. The molecule has 0 saturated heterocycles.